The molecule has 1 atom stereocenters. The molecule has 2 nitrogen and oxygen atoms in total. The van der Waals surface area contributed by atoms with E-state index in [-0.39, 0.29) is 6.04 Å². The average molecular weight is 513 g/mol. The number of likely N-dealkylation sites (N-methyl/N-ethyl adjacent to an activating group) is 2. The fourth-order valence-corrected chi connectivity index (χ4v) is 6.30. The molecule has 0 N–H and O–H groups in total. The molecule has 189 valence electrons. The molecule has 0 amide bonds. The summed E-state index contributed by atoms with van der Waals surface area (Å²) in [6, 6.07) is 9.87. The SMILES string of the molecule is C[C@H]([C]1[CH][CH][CH][C]1P(c1ccc(C(F)(F)F)cc1)c1ccc(C(F)(F)F)cc1)N(C)CCN(C)C. The van der Waals surface area contributed by atoms with Crippen molar-refractivity contribution in [3.63, 3.8) is 0 Å². The van der Waals surface area contributed by atoms with Gasteiger partial charge < -0.3 is 9.80 Å². The molecule has 0 bridgehead atoms. The molecule has 35 heavy (non-hydrogen) atoms. The van der Waals surface area contributed by atoms with Crippen LogP contribution in [0.4, 0.5) is 26.3 Å². The lowest BCUT2D eigenvalue weighted by Gasteiger charge is -2.36. The average Bonchev–Trinajstić information content (AvgIpc) is 3.26. The fraction of sp³-hybridized carbons (Fsp3) is 0.346. The topological polar surface area (TPSA) is 6.48 Å². The van der Waals surface area contributed by atoms with E-state index in [1.54, 1.807) is 0 Å². The van der Waals surface area contributed by atoms with Gasteiger partial charge in [-0.1, -0.05) is 24.3 Å². The number of nitrogens with zero attached hydrogens (tertiary/aromatic N) is 2. The molecule has 0 aliphatic heterocycles. The largest absolute Gasteiger partial charge is 0.416 e. The summed E-state index contributed by atoms with van der Waals surface area (Å²) in [6.07, 6.45) is -3.14. The van der Waals surface area contributed by atoms with Gasteiger partial charge in [0.1, 0.15) is 0 Å². The third-order valence-corrected chi connectivity index (χ3v) is 8.50. The van der Waals surface area contributed by atoms with Gasteiger partial charge in [-0.15, -0.1) is 0 Å². The molecule has 0 aromatic heterocycles. The molecule has 0 spiro atoms. The normalized spacial score (nSPS) is 17.2. The maximum atomic E-state index is 13.2. The lowest BCUT2D eigenvalue weighted by molar-refractivity contribution is -0.138. The first-order chi connectivity index (χ1) is 16.3. The van der Waals surface area contributed by atoms with Crippen molar-refractivity contribution in [2.45, 2.75) is 25.3 Å². The highest BCUT2D eigenvalue weighted by Crippen LogP contribution is 2.57. The molecule has 1 aliphatic carbocycles. The van der Waals surface area contributed by atoms with Gasteiger partial charge in [0.15, 0.2) is 0 Å². The Hall–Kier alpha value is -1.63. The molecule has 0 unspecified atom stereocenters. The van der Waals surface area contributed by atoms with Crippen LogP contribution in [-0.4, -0.2) is 50.1 Å². The maximum Gasteiger partial charge on any atom is 0.416 e. The highest BCUT2D eigenvalue weighted by atomic mass is 31.1. The quantitative estimate of drug-likeness (QED) is 0.327. The van der Waals surface area contributed by atoms with Gasteiger partial charge in [-0.3, -0.25) is 0 Å². The molecule has 9 heteroatoms. The van der Waals surface area contributed by atoms with Gasteiger partial charge in [-0.2, -0.15) is 26.3 Å². The molecule has 0 heterocycles. The summed E-state index contributed by atoms with van der Waals surface area (Å²) in [5.74, 6) is 1.01. The number of hydrogen-bond acceptors (Lipinski definition) is 2. The first kappa shape index (κ1) is 27.9. The van der Waals surface area contributed by atoms with Crippen LogP contribution < -0.4 is 10.6 Å². The van der Waals surface area contributed by atoms with E-state index in [1.165, 1.54) is 24.3 Å². The summed E-state index contributed by atoms with van der Waals surface area (Å²) >= 11 is 0. The number of rotatable bonds is 8. The Morgan fingerprint density at radius 1 is 0.714 bits per heavy atom. The highest BCUT2D eigenvalue weighted by Gasteiger charge is 2.41. The molecule has 1 fully saturated rings. The van der Waals surface area contributed by atoms with Gasteiger partial charge in [-0.05, 0) is 90.1 Å². The van der Waals surface area contributed by atoms with Crippen molar-refractivity contribution < 1.29 is 26.3 Å². The molecular weight excluding hydrogens is 485 g/mol. The molecule has 3 rings (SSSR count). The van der Waals surface area contributed by atoms with Crippen LogP contribution in [0.5, 0.6) is 0 Å². The van der Waals surface area contributed by atoms with E-state index in [2.05, 4.69) is 16.7 Å². The van der Waals surface area contributed by atoms with Crippen LogP contribution in [0.2, 0.25) is 0 Å². The Kier molecular flexibility index (Phi) is 8.93. The number of halogens is 6. The van der Waals surface area contributed by atoms with E-state index in [0.29, 0.717) is 10.6 Å². The third-order valence-electron chi connectivity index (χ3n) is 5.98. The lowest BCUT2D eigenvalue weighted by Crippen LogP contribution is -2.40. The highest BCUT2D eigenvalue weighted by molar-refractivity contribution is 7.76. The zero-order valence-corrected chi connectivity index (χ0v) is 20.8. The summed E-state index contributed by atoms with van der Waals surface area (Å²) in [4.78, 5) is 4.26. The molecule has 2 aromatic rings. The van der Waals surface area contributed by atoms with E-state index in [4.69, 9.17) is 0 Å². The van der Waals surface area contributed by atoms with Crippen molar-refractivity contribution in [2.24, 2.45) is 0 Å². The van der Waals surface area contributed by atoms with Crippen LogP contribution in [0.15, 0.2) is 48.5 Å². The van der Waals surface area contributed by atoms with E-state index in [9.17, 15) is 26.3 Å². The summed E-state index contributed by atoms with van der Waals surface area (Å²) in [5, 5.41) is 1.28. The monoisotopic (exact) mass is 513 g/mol. The van der Waals surface area contributed by atoms with Crippen molar-refractivity contribution in [1.82, 2.24) is 9.80 Å². The zero-order chi connectivity index (χ0) is 26.0. The number of alkyl halides is 6. The second-order valence-corrected chi connectivity index (χ2v) is 10.9. The van der Waals surface area contributed by atoms with Crippen molar-refractivity contribution in [3.05, 3.63) is 90.5 Å². The number of hydrogen-bond donors (Lipinski definition) is 0. The minimum atomic E-state index is -4.47. The van der Waals surface area contributed by atoms with E-state index in [1.807, 2.05) is 40.4 Å². The molecular formula is C26H28F6N2P. The fourth-order valence-electron chi connectivity index (χ4n) is 3.80. The van der Waals surface area contributed by atoms with Gasteiger partial charge >= 0.3 is 12.4 Å². The van der Waals surface area contributed by atoms with Gasteiger partial charge in [0.05, 0.1) is 11.1 Å². The van der Waals surface area contributed by atoms with E-state index < -0.39 is 31.4 Å². The Labute approximate surface area is 205 Å². The van der Waals surface area contributed by atoms with Crippen molar-refractivity contribution in [2.75, 3.05) is 34.2 Å². The molecule has 0 saturated heterocycles. The Morgan fingerprint density at radius 3 is 1.57 bits per heavy atom. The molecule has 2 aromatic carbocycles. The second-order valence-electron chi connectivity index (χ2n) is 8.75. The molecule has 5 radical (unpaired) electrons. The lowest BCUT2D eigenvalue weighted by atomic mass is 9.98. The summed E-state index contributed by atoms with van der Waals surface area (Å²) in [7, 11) is 4.60. The van der Waals surface area contributed by atoms with Crippen molar-refractivity contribution >= 4 is 18.5 Å². The minimum absolute atomic E-state index is 0.00819. The first-order valence-electron chi connectivity index (χ1n) is 11.0. The van der Waals surface area contributed by atoms with E-state index in [0.717, 1.165) is 48.9 Å². The molecule has 1 aliphatic rings. The predicted octanol–water partition coefficient (Wildman–Crippen LogP) is 5.77. The predicted molar refractivity (Wildman–Crippen MR) is 129 cm³/mol. The smallest absolute Gasteiger partial charge is 0.308 e. The van der Waals surface area contributed by atoms with Crippen LogP contribution in [0.25, 0.3) is 0 Å². The van der Waals surface area contributed by atoms with Crippen molar-refractivity contribution in [3.8, 4) is 0 Å². The van der Waals surface area contributed by atoms with E-state index >= 15 is 0 Å². The van der Waals surface area contributed by atoms with Crippen LogP contribution in [0, 0.1) is 30.8 Å². The van der Waals surface area contributed by atoms with Crippen LogP contribution >= 0.6 is 7.92 Å². The Morgan fingerprint density at radius 2 is 1.17 bits per heavy atom. The minimum Gasteiger partial charge on any atom is -0.308 e. The number of benzene rings is 2. The molecule has 1 saturated carbocycles. The zero-order valence-electron chi connectivity index (χ0n) is 20.0. The first-order valence-corrected chi connectivity index (χ1v) is 12.4. The van der Waals surface area contributed by atoms with Gasteiger partial charge in [0.2, 0.25) is 0 Å². The summed E-state index contributed by atoms with van der Waals surface area (Å²) in [6.45, 7) is 3.71. The third kappa shape index (κ3) is 6.99. The van der Waals surface area contributed by atoms with Crippen molar-refractivity contribution in [1.29, 1.82) is 0 Å². The Balaban J connectivity index is 1.97. The van der Waals surface area contributed by atoms with Crippen LogP contribution in [-0.2, 0) is 12.4 Å². The second kappa shape index (κ2) is 11.2. The van der Waals surface area contributed by atoms with Gasteiger partial charge in [0.25, 0.3) is 0 Å². The summed E-state index contributed by atoms with van der Waals surface area (Å²) < 4.78 is 78.9. The standard InChI is InChI=1S/C26H28F6N2P/c1-18(34(4)17-16-33(2)3)23-6-5-7-24(23)35(21-12-8-19(9-13-21)25(27,28)29)22-14-10-20(11-15-22)26(30,31)32/h5-15,18H,16-17H2,1-4H3/t18-/m1/s1. The summed E-state index contributed by atoms with van der Waals surface area (Å²) in [5.41, 5.74) is -0.602. The van der Waals surface area contributed by atoms with Gasteiger partial charge in [0, 0.05) is 30.7 Å². The maximum absolute atomic E-state index is 13.2. The van der Waals surface area contributed by atoms with Crippen LogP contribution in [0.3, 0.4) is 0 Å². The van der Waals surface area contributed by atoms with Crippen LogP contribution in [0.1, 0.15) is 18.1 Å². The Bertz CT molecular complexity index is 883. The van der Waals surface area contributed by atoms with Gasteiger partial charge in [-0.25, -0.2) is 0 Å².